The lowest BCUT2D eigenvalue weighted by atomic mass is 10.1. The van der Waals surface area contributed by atoms with Gasteiger partial charge in [-0.25, -0.2) is 0 Å². The highest BCUT2D eigenvalue weighted by molar-refractivity contribution is 5.28. The van der Waals surface area contributed by atoms with Gasteiger partial charge in [-0.15, -0.1) is 0 Å². The van der Waals surface area contributed by atoms with Crippen LogP contribution in [0.1, 0.15) is 22.7 Å². The number of benzene rings is 3. The van der Waals surface area contributed by atoms with E-state index in [9.17, 15) is 0 Å². The maximum absolute atomic E-state index is 3.51. The summed E-state index contributed by atoms with van der Waals surface area (Å²) in [6.07, 6.45) is 0. The molecule has 0 bridgehead atoms. The van der Waals surface area contributed by atoms with Gasteiger partial charge in [0.15, 0.2) is 0 Å². The molecule has 0 unspecified atom stereocenters. The first kappa shape index (κ1) is 19.9. The van der Waals surface area contributed by atoms with Gasteiger partial charge in [-0.3, -0.25) is 9.80 Å². The maximum Gasteiger partial charge on any atom is 0.0971 e. The van der Waals surface area contributed by atoms with Crippen molar-refractivity contribution in [2.45, 2.75) is 19.1 Å². The van der Waals surface area contributed by atoms with E-state index in [1.807, 2.05) is 0 Å². The molecular formula is C26H28N2. The maximum atomic E-state index is 3.51. The summed E-state index contributed by atoms with van der Waals surface area (Å²) in [6.45, 7) is 2.53. The molecule has 0 amide bonds. The van der Waals surface area contributed by atoms with E-state index >= 15 is 0 Å². The Balaban J connectivity index is 1.68. The van der Waals surface area contributed by atoms with Gasteiger partial charge >= 0.3 is 0 Å². The molecule has 0 aliphatic carbocycles. The Kier molecular flexibility index (Phi) is 7.44. The van der Waals surface area contributed by atoms with Crippen molar-refractivity contribution in [2.24, 2.45) is 0 Å². The van der Waals surface area contributed by atoms with Crippen LogP contribution in [-0.4, -0.2) is 30.4 Å². The van der Waals surface area contributed by atoms with Crippen LogP contribution in [0, 0.1) is 11.8 Å². The Morgan fingerprint density at radius 2 is 1.18 bits per heavy atom. The monoisotopic (exact) mass is 368 g/mol. The van der Waals surface area contributed by atoms with Gasteiger partial charge in [-0.05, 0) is 30.8 Å². The molecule has 3 rings (SSSR count). The van der Waals surface area contributed by atoms with Gasteiger partial charge in [0.05, 0.1) is 12.6 Å². The fraction of sp³-hybridized carbons (Fsp3) is 0.231. The SMILES string of the molecule is CN(CC#C[C@H](c1ccccc1)N(C)Cc1ccccc1)Cc1ccccc1. The summed E-state index contributed by atoms with van der Waals surface area (Å²) in [5.74, 6) is 6.91. The molecule has 2 heteroatoms. The Morgan fingerprint density at radius 3 is 1.75 bits per heavy atom. The number of nitrogens with zero attached hydrogens (tertiary/aromatic N) is 2. The lowest BCUT2D eigenvalue weighted by Gasteiger charge is -2.24. The van der Waals surface area contributed by atoms with Gasteiger partial charge in [0.25, 0.3) is 0 Å². The summed E-state index contributed by atoms with van der Waals surface area (Å²) >= 11 is 0. The van der Waals surface area contributed by atoms with Crippen molar-refractivity contribution in [1.82, 2.24) is 9.80 Å². The number of hydrogen-bond donors (Lipinski definition) is 0. The minimum atomic E-state index is 0.0755. The zero-order valence-electron chi connectivity index (χ0n) is 16.8. The molecule has 3 aromatic carbocycles. The summed E-state index contributed by atoms with van der Waals surface area (Å²) in [6, 6.07) is 31.7. The minimum absolute atomic E-state index is 0.0755. The molecule has 0 radical (unpaired) electrons. The average molecular weight is 369 g/mol. The van der Waals surface area contributed by atoms with Crippen LogP contribution < -0.4 is 0 Å². The van der Waals surface area contributed by atoms with Crippen molar-refractivity contribution in [1.29, 1.82) is 0 Å². The summed E-state index contributed by atoms with van der Waals surface area (Å²) in [7, 11) is 4.26. The third-order valence-corrected chi connectivity index (χ3v) is 4.71. The second kappa shape index (κ2) is 10.5. The highest BCUT2D eigenvalue weighted by Crippen LogP contribution is 2.20. The third-order valence-electron chi connectivity index (χ3n) is 4.71. The van der Waals surface area contributed by atoms with Crippen LogP contribution in [0.2, 0.25) is 0 Å². The molecule has 2 nitrogen and oxygen atoms in total. The number of rotatable bonds is 7. The standard InChI is InChI=1S/C26H28N2/c1-27(21-23-13-6-3-7-14-23)20-12-19-26(25-17-10-5-11-18-25)28(2)22-24-15-8-4-9-16-24/h3-11,13-18,26H,20-22H2,1-2H3/t26-/m1/s1. The Bertz CT molecular complexity index is 879. The fourth-order valence-electron chi connectivity index (χ4n) is 3.27. The molecule has 0 fully saturated rings. The largest absolute Gasteiger partial charge is 0.291 e. The zero-order valence-corrected chi connectivity index (χ0v) is 16.8. The van der Waals surface area contributed by atoms with Crippen LogP contribution in [0.25, 0.3) is 0 Å². The van der Waals surface area contributed by atoms with Crippen LogP contribution >= 0.6 is 0 Å². The van der Waals surface area contributed by atoms with E-state index in [1.54, 1.807) is 0 Å². The normalized spacial score (nSPS) is 11.9. The smallest absolute Gasteiger partial charge is 0.0971 e. The van der Waals surface area contributed by atoms with Crippen LogP contribution in [-0.2, 0) is 13.1 Å². The van der Waals surface area contributed by atoms with Gasteiger partial charge in [0.1, 0.15) is 0 Å². The molecule has 0 aromatic heterocycles. The van der Waals surface area contributed by atoms with Crippen molar-refractivity contribution >= 4 is 0 Å². The molecule has 28 heavy (non-hydrogen) atoms. The van der Waals surface area contributed by atoms with Crippen molar-refractivity contribution in [3.05, 3.63) is 108 Å². The number of hydrogen-bond acceptors (Lipinski definition) is 2. The molecule has 0 saturated heterocycles. The van der Waals surface area contributed by atoms with Gasteiger partial charge < -0.3 is 0 Å². The van der Waals surface area contributed by atoms with Crippen molar-refractivity contribution in [2.75, 3.05) is 20.6 Å². The van der Waals surface area contributed by atoms with Gasteiger partial charge in [-0.1, -0.05) is 103 Å². The second-order valence-electron chi connectivity index (χ2n) is 7.19. The van der Waals surface area contributed by atoms with Crippen molar-refractivity contribution < 1.29 is 0 Å². The first-order chi connectivity index (χ1) is 13.7. The van der Waals surface area contributed by atoms with Crippen LogP contribution in [0.4, 0.5) is 0 Å². The molecular weight excluding hydrogens is 340 g/mol. The van der Waals surface area contributed by atoms with Crippen LogP contribution in [0.3, 0.4) is 0 Å². The molecule has 0 saturated carbocycles. The van der Waals surface area contributed by atoms with Crippen LogP contribution in [0.5, 0.6) is 0 Å². The molecule has 0 aliphatic rings. The van der Waals surface area contributed by atoms with E-state index in [1.165, 1.54) is 16.7 Å². The van der Waals surface area contributed by atoms with E-state index in [0.29, 0.717) is 0 Å². The Morgan fingerprint density at radius 1 is 0.679 bits per heavy atom. The summed E-state index contributed by atoms with van der Waals surface area (Å²) in [5.41, 5.74) is 3.85. The Hall–Kier alpha value is -2.86. The van der Waals surface area contributed by atoms with E-state index in [-0.39, 0.29) is 6.04 Å². The summed E-state index contributed by atoms with van der Waals surface area (Å²) < 4.78 is 0. The lowest BCUT2D eigenvalue weighted by molar-refractivity contribution is 0.285. The highest BCUT2D eigenvalue weighted by Gasteiger charge is 2.14. The van der Waals surface area contributed by atoms with Crippen LogP contribution in [0.15, 0.2) is 91.0 Å². The second-order valence-corrected chi connectivity index (χ2v) is 7.19. The van der Waals surface area contributed by atoms with Gasteiger partial charge in [-0.2, -0.15) is 0 Å². The van der Waals surface area contributed by atoms with Crippen molar-refractivity contribution in [3.8, 4) is 11.8 Å². The van der Waals surface area contributed by atoms with Gasteiger partial charge in [0, 0.05) is 13.1 Å². The lowest BCUT2D eigenvalue weighted by Crippen LogP contribution is -2.24. The van der Waals surface area contributed by atoms with E-state index < -0.39 is 0 Å². The first-order valence-corrected chi connectivity index (χ1v) is 9.72. The van der Waals surface area contributed by atoms with E-state index in [0.717, 1.165) is 19.6 Å². The van der Waals surface area contributed by atoms with E-state index in [4.69, 9.17) is 0 Å². The average Bonchev–Trinajstić information content (AvgIpc) is 2.73. The molecule has 0 N–H and O–H groups in total. The summed E-state index contributed by atoms with van der Waals surface area (Å²) in [4.78, 5) is 4.57. The minimum Gasteiger partial charge on any atom is -0.291 e. The predicted octanol–water partition coefficient (Wildman–Crippen LogP) is 5.00. The molecule has 0 spiro atoms. The van der Waals surface area contributed by atoms with E-state index in [2.05, 4.69) is 127 Å². The molecule has 3 aromatic rings. The molecule has 0 aliphatic heterocycles. The van der Waals surface area contributed by atoms with Crippen molar-refractivity contribution in [3.63, 3.8) is 0 Å². The molecule has 0 heterocycles. The quantitative estimate of drug-likeness (QED) is 0.542. The zero-order chi connectivity index (χ0) is 19.6. The highest BCUT2D eigenvalue weighted by atomic mass is 15.1. The first-order valence-electron chi connectivity index (χ1n) is 9.72. The fourth-order valence-corrected chi connectivity index (χ4v) is 3.27. The van der Waals surface area contributed by atoms with Gasteiger partial charge in [0.2, 0.25) is 0 Å². The Labute approximate surface area is 169 Å². The molecule has 1 atom stereocenters. The topological polar surface area (TPSA) is 6.48 Å². The molecule has 142 valence electrons. The summed E-state index contributed by atoms with van der Waals surface area (Å²) in [5, 5.41) is 0. The third kappa shape index (κ3) is 6.09. The predicted molar refractivity (Wildman–Crippen MR) is 118 cm³/mol.